The number of hydrogen-bond acceptors (Lipinski definition) is 3. The Balaban J connectivity index is 2.09. The van der Waals surface area contributed by atoms with Crippen LogP contribution in [-0.2, 0) is 16.0 Å². The summed E-state index contributed by atoms with van der Waals surface area (Å²) >= 11 is 5.86. The molecule has 1 aliphatic heterocycles. The number of rotatable bonds is 2. The van der Waals surface area contributed by atoms with Crippen molar-refractivity contribution in [1.29, 1.82) is 0 Å². The number of halogens is 1. The molecule has 1 heterocycles. The zero-order chi connectivity index (χ0) is 15.6. The van der Waals surface area contributed by atoms with Gasteiger partial charge in [-0.1, -0.05) is 23.7 Å². The van der Waals surface area contributed by atoms with Crippen LogP contribution in [0.25, 0.3) is 0 Å². The number of amides is 2. The van der Waals surface area contributed by atoms with Crippen LogP contribution < -0.4 is 0 Å². The summed E-state index contributed by atoms with van der Waals surface area (Å²) in [4.78, 5) is 25.4. The summed E-state index contributed by atoms with van der Waals surface area (Å²) in [6, 6.07) is 7.31. The summed E-state index contributed by atoms with van der Waals surface area (Å²) in [5, 5.41) is 0.672. The first-order valence-corrected chi connectivity index (χ1v) is 7.43. The van der Waals surface area contributed by atoms with Crippen molar-refractivity contribution < 1.29 is 14.3 Å². The Morgan fingerprint density at radius 1 is 1.33 bits per heavy atom. The maximum Gasteiger partial charge on any atom is 0.417 e. The number of benzene rings is 1. The van der Waals surface area contributed by atoms with Gasteiger partial charge >= 0.3 is 6.09 Å². The fraction of sp³-hybridized carbons (Fsp3) is 0.500. The summed E-state index contributed by atoms with van der Waals surface area (Å²) in [5.41, 5.74) is 0.442. The Bertz CT molecular complexity index is 533. The number of ether oxygens (including phenoxy) is 1. The molecule has 0 N–H and O–H groups in total. The van der Waals surface area contributed by atoms with Gasteiger partial charge in [0.1, 0.15) is 5.60 Å². The van der Waals surface area contributed by atoms with Crippen LogP contribution in [0.15, 0.2) is 24.3 Å². The maximum atomic E-state index is 12.2. The van der Waals surface area contributed by atoms with Gasteiger partial charge in [-0.25, -0.2) is 9.69 Å². The van der Waals surface area contributed by atoms with Gasteiger partial charge in [-0.05, 0) is 51.3 Å². The van der Waals surface area contributed by atoms with Crippen LogP contribution in [0.1, 0.15) is 39.2 Å². The predicted octanol–water partition coefficient (Wildman–Crippen LogP) is 3.81. The third-order valence-corrected chi connectivity index (χ3v) is 3.55. The van der Waals surface area contributed by atoms with Gasteiger partial charge in [-0.15, -0.1) is 0 Å². The smallest absolute Gasteiger partial charge is 0.417 e. The molecule has 0 unspecified atom stereocenters. The number of hydrogen-bond donors (Lipinski definition) is 0. The molecule has 0 spiro atoms. The highest BCUT2D eigenvalue weighted by molar-refractivity contribution is 6.30. The number of imide groups is 1. The minimum atomic E-state index is -0.606. The van der Waals surface area contributed by atoms with E-state index in [1.54, 1.807) is 20.8 Å². The normalized spacial score (nSPS) is 19.0. The molecule has 1 fully saturated rings. The average molecular weight is 310 g/mol. The number of likely N-dealkylation sites (tertiary alicyclic amines) is 1. The second kappa shape index (κ2) is 6.06. The Morgan fingerprint density at radius 2 is 1.95 bits per heavy atom. The van der Waals surface area contributed by atoms with Gasteiger partial charge in [0.25, 0.3) is 0 Å². The molecule has 0 saturated carbocycles. The fourth-order valence-corrected chi connectivity index (χ4v) is 2.52. The Hall–Kier alpha value is -1.55. The standard InChI is InChI=1S/C16H20ClNO3/c1-16(2,3)21-15(20)18-13(8-9-14(18)19)10-11-4-6-12(17)7-5-11/h4-7,13H,8-10H2,1-3H3/t13-/m1/s1. The van der Waals surface area contributed by atoms with Crippen molar-refractivity contribution in [2.24, 2.45) is 0 Å². The Labute approximate surface area is 130 Å². The van der Waals surface area contributed by atoms with E-state index in [-0.39, 0.29) is 11.9 Å². The molecule has 0 radical (unpaired) electrons. The summed E-state index contributed by atoms with van der Waals surface area (Å²) in [7, 11) is 0. The molecule has 2 amide bonds. The van der Waals surface area contributed by atoms with Gasteiger partial charge in [-0.3, -0.25) is 4.79 Å². The molecule has 2 rings (SSSR count). The molecular weight excluding hydrogens is 290 g/mol. The van der Waals surface area contributed by atoms with Crippen LogP contribution in [0.3, 0.4) is 0 Å². The van der Waals surface area contributed by atoms with Crippen LogP contribution in [0.2, 0.25) is 5.02 Å². The second-order valence-electron chi connectivity index (χ2n) is 6.27. The molecule has 5 heteroatoms. The lowest BCUT2D eigenvalue weighted by molar-refractivity contribution is -0.128. The highest BCUT2D eigenvalue weighted by atomic mass is 35.5. The van der Waals surface area contributed by atoms with E-state index < -0.39 is 11.7 Å². The van der Waals surface area contributed by atoms with Crippen molar-refractivity contribution >= 4 is 23.6 Å². The maximum absolute atomic E-state index is 12.2. The molecule has 0 aliphatic carbocycles. The molecule has 114 valence electrons. The van der Waals surface area contributed by atoms with E-state index in [4.69, 9.17) is 16.3 Å². The molecule has 1 saturated heterocycles. The first kappa shape index (κ1) is 15.8. The number of carbonyl (C=O) groups is 2. The van der Waals surface area contributed by atoms with Crippen LogP contribution in [-0.4, -0.2) is 28.5 Å². The monoisotopic (exact) mass is 309 g/mol. The zero-order valence-electron chi connectivity index (χ0n) is 12.6. The molecule has 0 bridgehead atoms. The van der Waals surface area contributed by atoms with E-state index in [0.29, 0.717) is 24.3 Å². The first-order valence-electron chi connectivity index (χ1n) is 7.06. The highest BCUT2D eigenvalue weighted by Crippen LogP contribution is 2.25. The minimum Gasteiger partial charge on any atom is -0.443 e. The van der Waals surface area contributed by atoms with Gasteiger partial charge in [0.05, 0.1) is 0 Å². The second-order valence-corrected chi connectivity index (χ2v) is 6.70. The minimum absolute atomic E-state index is 0.145. The largest absolute Gasteiger partial charge is 0.443 e. The van der Waals surface area contributed by atoms with Gasteiger partial charge in [-0.2, -0.15) is 0 Å². The molecular formula is C16H20ClNO3. The van der Waals surface area contributed by atoms with Gasteiger partial charge < -0.3 is 4.74 Å². The topological polar surface area (TPSA) is 46.6 Å². The number of carbonyl (C=O) groups excluding carboxylic acids is 2. The molecule has 4 nitrogen and oxygen atoms in total. The third kappa shape index (κ3) is 4.21. The van der Waals surface area contributed by atoms with E-state index in [2.05, 4.69) is 0 Å². The van der Waals surface area contributed by atoms with Crippen LogP contribution >= 0.6 is 11.6 Å². The van der Waals surface area contributed by atoms with Crippen LogP contribution in [0.5, 0.6) is 0 Å². The molecule has 1 aromatic carbocycles. The van der Waals surface area contributed by atoms with Gasteiger partial charge in [0.15, 0.2) is 0 Å². The zero-order valence-corrected chi connectivity index (χ0v) is 13.3. The lowest BCUT2D eigenvalue weighted by Crippen LogP contribution is -2.43. The summed E-state index contributed by atoms with van der Waals surface area (Å²) in [6.07, 6.45) is 1.13. The summed E-state index contributed by atoms with van der Waals surface area (Å²) in [6.45, 7) is 5.37. The Kier molecular flexibility index (Phi) is 4.57. The van der Waals surface area contributed by atoms with E-state index >= 15 is 0 Å². The average Bonchev–Trinajstić information content (AvgIpc) is 2.71. The fourth-order valence-electron chi connectivity index (χ4n) is 2.39. The SMILES string of the molecule is CC(C)(C)OC(=O)N1C(=O)CC[C@@H]1Cc1ccc(Cl)cc1. The molecule has 1 aliphatic rings. The van der Waals surface area contributed by atoms with Gasteiger partial charge in [0, 0.05) is 17.5 Å². The highest BCUT2D eigenvalue weighted by Gasteiger charge is 2.38. The first-order chi connectivity index (χ1) is 9.76. The lowest BCUT2D eigenvalue weighted by Gasteiger charge is -2.27. The van der Waals surface area contributed by atoms with Crippen molar-refractivity contribution in [3.8, 4) is 0 Å². The Morgan fingerprint density at radius 3 is 2.52 bits per heavy atom. The predicted molar refractivity (Wildman–Crippen MR) is 81.3 cm³/mol. The molecule has 1 aromatic rings. The van der Waals surface area contributed by atoms with Crippen molar-refractivity contribution in [1.82, 2.24) is 4.90 Å². The van der Waals surface area contributed by atoms with E-state index in [1.807, 2.05) is 24.3 Å². The lowest BCUT2D eigenvalue weighted by atomic mass is 10.0. The molecule has 1 atom stereocenters. The quantitative estimate of drug-likeness (QED) is 0.834. The summed E-state index contributed by atoms with van der Waals surface area (Å²) in [5.74, 6) is -0.164. The summed E-state index contributed by atoms with van der Waals surface area (Å²) < 4.78 is 5.32. The van der Waals surface area contributed by atoms with Crippen molar-refractivity contribution in [3.05, 3.63) is 34.9 Å². The third-order valence-electron chi connectivity index (χ3n) is 3.30. The van der Waals surface area contributed by atoms with Crippen molar-refractivity contribution in [2.75, 3.05) is 0 Å². The number of nitrogens with zero attached hydrogens (tertiary/aromatic N) is 1. The van der Waals surface area contributed by atoms with Crippen molar-refractivity contribution in [3.63, 3.8) is 0 Å². The van der Waals surface area contributed by atoms with Crippen molar-refractivity contribution in [2.45, 2.75) is 51.7 Å². The van der Waals surface area contributed by atoms with Crippen LogP contribution in [0, 0.1) is 0 Å². The van der Waals surface area contributed by atoms with E-state index in [9.17, 15) is 9.59 Å². The van der Waals surface area contributed by atoms with E-state index in [0.717, 1.165) is 5.56 Å². The molecule has 21 heavy (non-hydrogen) atoms. The van der Waals surface area contributed by atoms with Crippen LogP contribution in [0.4, 0.5) is 4.79 Å². The molecule has 0 aromatic heterocycles. The van der Waals surface area contributed by atoms with Gasteiger partial charge in [0.2, 0.25) is 5.91 Å². The van der Waals surface area contributed by atoms with E-state index in [1.165, 1.54) is 4.90 Å².